The Morgan fingerprint density at radius 1 is 1.44 bits per heavy atom. The van der Waals surface area contributed by atoms with Crippen molar-refractivity contribution in [3.63, 3.8) is 0 Å². The minimum absolute atomic E-state index is 0.0390. The quantitative estimate of drug-likeness (QED) is 0.901. The van der Waals surface area contributed by atoms with Crippen molar-refractivity contribution in [1.82, 2.24) is 10.6 Å². The number of nitrogens with one attached hydrogen (secondary N) is 2. The third-order valence-corrected chi connectivity index (χ3v) is 4.07. The number of carbonyl (C=O) groups is 1. The zero-order valence-electron chi connectivity index (χ0n) is 10.7. The van der Waals surface area contributed by atoms with Gasteiger partial charge in [-0.15, -0.1) is 0 Å². The SMILES string of the molecule is CC1CCNC1C(=O)N[C@H](C)c1ccc(Br)cc1. The highest BCUT2D eigenvalue weighted by molar-refractivity contribution is 9.10. The molecule has 1 aliphatic heterocycles. The van der Waals surface area contributed by atoms with Crippen LogP contribution >= 0.6 is 15.9 Å². The summed E-state index contributed by atoms with van der Waals surface area (Å²) in [4.78, 5) is 12.1. The smallest absolute Gasteiger partial charge is 0.237 e. The van der Waals surface area contributed by atoms with E-state index in [4.69, 9.17) is 0 Å². The van der Waals surface area contributed by atoms with Gasteiger partial charge < -0.3 is 10.6 Å². The Morgan fingerprint density at radius 3 is 2.67 bits per heavy atom. The molecule has 0 radical (unpaired) electrons. The van der Waals surface area contributed by atoms with E-state index in [1.807, 2.05) is 31.2 Å². The lowest BCUT2D eigenvalue weighted by Crippen LogP contribution is -2.44. The first-order chi connectivity index (χ1) is 8.58. The number of benzene rings is 1. The standard InChI is InChI=1S/C14H19BrN2O/c1-9-7-8-16-13(9)14(18)17-10(2)11-3-5-12(15)6-4-11/h3-6,9-10,13,16H,7-8H2,1-2H3,(H,17,18)/t9?,10-,13?/m1/s1. The van der Waals surface area contributed by atoms with Crippen LogP contribution in [0.25, 0.3) is 0 Å². The highest BCUT2D eigenvalue weighted by atomic mass is 79.9. The zero-order chi connectivity index (χ0) is 13.1. The molecule has 3 nitrogen and oxygen atoms in total. The second-order valence-electron chi connectivity index (χ2n) is 4.98. The minimum Gasteiger partial charge on any atom is -0.348 e. The van der Waals surface area contributed by atoms with E-state index in [9.17, 15) is 4.79 Å². The van der Waals surface area contributed by atoms with Gasteiger partial charge in [-0.25, -0.2) is 0 Å². The van der Waals surface area contributed by atoms with Crippen molar-refractivity contribution in [2.24, 2.45) is 5.92 Å². The van der Waals surface area contributed by atoms with Gasteiger partial charge in [0.1, 0.15) is 0 Å². The second kappa shape index (κ2) is 5.85. The lowest BCUT2D eigenvalue weighted by Gasteiger charge is -2.20. The average molecular weight is 311 g/mol. The van der Waals surface area contributed by atoms with Gasteiger partial charge in [0, 0.05) is 4.47 Å². The Kier molecular flexibility index (Phi) is 4.40. The molecule has 1 saturated heterocycles. The molecule has 0 saturated carbocycles. The van der Waals surface area contributed by atoms with Crippen LogP contribution in [-0.2, 0) is 4.79 Å². The maximum atomic E-state index is 12.1. The Morgan fingerprint density at radius 2 is 2.11 bits per heavy atom. The van der Waals surface area contributed by atoms with Crippen LogP contribution in [-0.4, -0.2) is 18.5 Å². The first kappa shape index (κ1) is 13.6. The Bertz CT molecular complexity index is 418. The Balaban J connectivity index is 1.96. The number of rotatable bonds is 3. The van der Waals surface area contributed by atoms with E-state index < -0.39 is 0 Å². The maximum Gasteiger partial charge on any atom is 0.237 e. The molecule has 1 amide bonds. The number of hydrogen-bond donors (Lipinski definition) is 2. The summed E-state index contributed by atoms with van der Waals surface area (Å²) in [7, 11) is 0. The van der Waals surface area contributed by atoms with Crippen LogP contribution in [0.2, 0.25) is 0 Å². The van der Waals surface area contributed by atoms with Gasteiger partial charge in [-0.2, -0.15) is 0 Å². The van der Waals surface area contributed by atoms with Crippen molar-refractivity contribution in [2.75, 3.05) is 6.54 Å². The van der Waals surface area contributed by atoms with Crippen LogP contribution in [0.4, 0.5) is 0 Å². The Hall–Kier alpha value is -0.870. The van der Waals surface area contributed by atoms with Crippen molar-refractivity contribution in [1.29, 1.82) is 0 Å². The summed E-state index contributed by atoms with van der Waals surface area (Å²) in [6, 6.07) is 8.05. The molecule has 2 unspecified atom stereocenters. The van der Waals surface area contributed by atoms with E-state index >= 15 is 0 Å². The van der Waals surface area contributed by atoms with Gasteiger partial charge in [0.05, 0.1) is 12.1 Å². The molecule has 18 heavy (non-hydrogen) atoms. The Labute approximate surface area is 116 Å². The fourth-order valence-corrected chi connectivity index (χ4v) is 2.59. The van der Waals surface area contributed by atoms with E-state index in [0.29, 0.717) is 5.92 Å². The number of carbonyl (C=O) groups excluding carboxylic acids is 1. The van der Waals surface area contributed by atoms with Gasteiger partial charge in [0.25, 0.3) is 0 Å². The molecule has 0 spiro atoms. The molecule has 1 aromatic rings. The third kappa shape index (κ3) is 3.12. The number of hydrogen-bond acceptors (Lipinski definition) is 2. The fourth-order valence-electron chi connectivity index (χ4n) is 2.32. The molecule has 1 fully saturated rings. The monoisotopic (exact) mass is 310 g/mol. The minimum atomic E-state index is -0.0390. The van der Waals surface area contributed by atoms with Crippen molar-refractivity contribution in [3.05, 3.63) is 34.3 Å². The van der Waals surface area contributed by atoms with E-state index in [-0.39, 0.29) is 18.0 Å². The van der Waals surface area contributed by atoms with Crippen molar-refractivity contribution in [2.45, 2.75) is 32.4 Å². The van der Waals surface area contributed by atoms with Crippen molar-refractivity contribution in [3.8, 4) is 0 Å². The van der Waals surface area contributed by atoms with Gasteiger partial charge >= 0.3 is 0 Å². The first-order valence-corrected chi connectivity index (χ1v) is 7.16. The molecule has 1 aliphatic rings. The van der Waals surface area contributed by atoms with E-state index in [1.165, 1.54) is 0 Å². The number of amides is 1. The summed E-state index contributed by atoms with van der Waals surface area (Å²) < 4.78 is 1.05. The van der Waals surface area contributed by atoms with Crippen molar-refractivity contribution >= 4 is 21.8 Å². The molecule has 4 heteroatoms. The predicted molar refractivity (Wildman–Crippen MR) is 76.3 cm³/mol. The van der Waals surface area contributed by atoms with Crippen LogP contribution in [0.5, 0.6) is 0 Å². The van der Waals surface area contributed by atoms with Crippen LogP contribution < -0.4 is 10.6 Å². The molecule has 98 valence electrons. The molecule has 3 atom stereocenters. The molecule has 1 heterocycles. The maximum absolute atomic E-state index is 12.1. The summed E-state index contributed by atoms with van der Waals surface area (Å²) in [5.74, 6) is 0.525. The molecule has 2 N–H and O–H groups in total. The topological polar surface area (TPSA) is 41.1 Å². The predicted octanol–water partition coefficient (Wildman–Crippen LogP) is 2.62. The first-order valence-electron chi connectivity index (χ1n) is 6.37. The molecule has 0 bridgehead atoms. The normalized spacial score (nSPS) is 24.8. The van der Waals surface area contributed by atoms with E-state index in [0.717, 1.165) is 23.0 Å². The summed E-state index contributed by atoms with van der Waals surface area (Å²) in [5, 5.41) is 6.32. The van der Waals surface area contributed by atoms with E-state index in [1.54, 1.807) is 0 Å². The molecule has 0 aromatic heterocycles. The van der Waals surface area contributed by atoms with Crippen LogP contribution in [0.3, 0.4) is 0 Å². The van der Waals surface area contributed by atoms with Crippen molar-refractivity contribution < 1.29 is 4.79 Å². The molecular formula is C14H19BrN2O. The average Bonchev–Trinajstić information content (AvgIpc) is 2.76. The molecular weight excluding hydrogens is 292 g/mol. The van der Waals surface area contributed by atoms with Gasteiger partial charge in [-0.3, -0.25) is 4.79 Å². The molecule has 1 aromatic carbocycles. The van der Waals surface area contributed by atoms with Gasteiger partial charge in [0.2, 0.25) is 5.91 Å². The summed E-state index contributed by atoms with van der Waals surface area (Å²) in [5.41, 5.74) is 1.12. The summed E-state index contributed by atoms with van der Waals surface area (Å²) in [6.45, 7) is 5.07. The highest BCUT2D eigenvalue weighted by Gasteiger charge is 2.29. The lowest BCUT2D eigenvalue weighted by molar-refractivity contribution is -0.124. The van der Waals surface area contributed by atoms with Gasteiger partial charge in [0.15, 0.2) is 0 Å². The third-order valence-electron chi connectivity index (χ3n) is 3.54. The van der Waals surface area contributed by atoms with Gasteiger partial charge in [-0.05, 0) is 43.5 Å². The second-order valence-corrected chi connectivity index (χ2v) is 5.90. The van der Waals surface area contributed by atoms with E-state index in [2.05, 4.69) is 33.5 Å². The van der Waals surface area contributed by atoms with Crippen LogP contribution in [0, 0.1) is 5.92 Å². The van der Waals surface area contributed by atoms with Crippen LogP contribution in [0.1, 0.15) is 31.9 Å². The zero-order valence-corrected chi connectivity index (χ0v) is 12.3. The van der Waals surface area contributed by atoms with Gasteiger partial charge in [-0.1, -0.05) is 35.0 Å². The molecule has 2 rings (SSSR count). The lowest BCUT2D eigenvalue weighted by atomic mass is 10.0. The fraction of sp³-hybridized carbons (Fsp3) is 0.500. The number of halogens is 1. The molecule has 0 aliphatic carbocycles. The summed E-state index contributed by atoms with van der Waals surface area (Å²) in [6.07, 6.45) is 1.07. The largest absolute Gasteiger partial charge is 0.348 e. The highest BCUT2D eigenvalue weighted by Crippen LogP contribution is 2.19. The van der Waals surface area contributed by atoms with Crippen LogP contribution in [0.15, 0.2) is 28.7 Å². The summed E-state index contributed by atoms with van der Waals surface area (Å²) >= 11 is 3.41.